The molecular formula is C20H23N3O2S. The number of piperidine rings is 1. The second kappa shape index (κ2) is 6.68. The van der Waals surface area contributed by atoms with Gasteiger partial charge in [0.2, 0.25) is 5.91 Å². The minimum atomic E-state index is -0.347. The third kappa shape index (κ3) is 3.29. The van der Waals surface area contributed by atoms with Crippen molar-refractivity contribution in [3.63, 3.8) is 0 Å². The second-order valence-electron chi connectivity index (χ2n) is 7.29. The SMILES string of the molecule is CN(C)C(=O)c1cccc(-c2csc([C@@]3(C)CC(=N)N(C)C(=O)C3)c2)c1. The molecule has 3 rings (SSSR count). The fraction of sp³-hybridized carbons (Fsp3) is 0.350. The maximum absolute atomic E-state index is 12.2. The summed E-state index contributed by atoms with van der Waals surface area (Å²) in [4.78, 5) is 28.5. The van der Waals surface area contributed by atoms with Crippen LogP contribution >= 0.6 is 11.3 Å². The Morgan fingerprint density at radius 2 is 1.96 bits per heavy atom. The summed E-state index contributed by atoms with van der Waals surface area (Å²) in [5, 5.41) is 10.1. The largest absolute Gasteiger partial charge is 0.345 e. The standard InChI is InChI=1S/C20H23N3O2S/c1-20(10-17(21)23(4)18(24)11-20)16-9-15(12-26-16)13-6-5-7-14(8-13)19(25)22(2)3/h5-9,12,21H,10-11H2,1-4H3/t20-/m0/s1. The molecule has 1 N–H and O–H groups in total. The lowest BCUT2D eigenvalue weighted by molar-refractivity contribution is -0.128. The Morgan fingerprint density at radius 3 is 2.62 bits per heavy atom. The van der Waals surface area contributed by atoms with Gasteiger partial charge in [-0.3, -0.25) is 15.0 Å². The maximum Gasteiger partial charge on any atom is 0.253 e. The zero-order chi connectivity index (χ0) is 19.1. The van der Waals surface area contributed by atoms with Crippen molar-refractivity contribution in [3.8, 4) is 11.1 Å². The van der Waals surface area contributed by atoms with E-state index in [-0.39, 0.29) is 17.2 Å². The van der Waals surface area contributed by atoms with Crippen molar-refractivity contribution in [1.82, 2.24) is 9.80 Å². The van der Waals surface area contributed by atoms with Gasteiger partial charge in [0.1, 0.15) is 5.84 Å². The van der Waals surface area contributed by atoms with Crippen molar-refractivity contribution in [3.05, 3.63) is 46.2 Å². The highest BCUT2D eigenvalue weighted by Crippen LogP contribution is 2.41. The smallest absolute Gasteiger partial charge is 0.253 e. The molecule has 1 aliphatic heterocycles. The van der Waals surface area contributed by atoms with Crippen LogP contribution in [0.15, 0.2) is 35.7 Å². The highest BCUT2D eigenvalue weighted by atomic mass is 32.1. The van der Waals surface area contributed by atoms with Gasteiger partial charge in [-0.1, -0.05) is 19.1 Å². The number of rotatable bonds is 3. The maximum atomic E-state index is 12.2. The van der Waals surface area contributed by atoms with Gasteiger partial charge >= 0.3 is 0 Å². The van der Waals surface area contributed by atoms with Crippen molar-refractivity contribution in [1.29, 1.82) is 5.41 Å². The Bertz CT molecular complexity index is 867. The summed E-state index contributed by atoms with van der Waals surface area (Å²) in [6.45, 7) is 2.05. The zero-order valence-electron chi connectivity index (χ0n) is 15.5. The number of hydrogen-bond donors (Lipinski definition) is 1. The van der Waals surface area contributed by atoms with Crippen LogP contribution in [0.1, 0.15) is 35.0 Å². The quantitative estimate of drug-likeness (QED) is 0.898. The van der Waals surface area contributed by atoms with E-state index in [4.69, 9.17) is 5.41 Å². The van der Waals surface area contributed by atoms with E-state index in [1.165, 1.54) is 4.90 Å². The Labute approximate surface area is 157 Å². The number of thiophene rings is 1. The van der Waals surface area contributed by atoms with Gasteiger partial charge in [-0.25, -0.2) is 0 Å². The fourth-order valence-corrected chi connectivity index (χ4v) is 4.30. The van der Waals surface area contributed by atoms with Gasteiger partial charge in [-0.15, -0.1) is 11.3 Å². The lowest BCUT2D eigenvalue weighted by Crippen LogP contribution is -2.46. The fourth-order valence-electron chi connectivity index (χ4n) is 3.22. The van der Waals surface area contributed by atoms with Gasteiger partial charge < -0.3 is 9.80 Å². The molecule has 0 bridgehead atoms. The molecule has 6 heteroatoms. The summed E-state index contributed by atoms with van der Waals surface area (Å²) in [6.07, 6.45) is 0.958. The first-order valence-electron chi connectivity index (χ1n) is 8.46. The summed E-state index contributed by atoms with van der Waals surface area (Å²) < 4.78 is 0. The van der Waals surface area contributed by atoms with Gasteiger partial charge in [-0.2, -0.15) is 0 Å². The van der Waals surface area contributed by atoms with E-state index < -0.39 is 0 Å². The molecule has 2 aromatic rings. The van der Waals surface area contributed by atoms with Crippen LogP contribution in [0.3, 0.4) is 0 Å². The third-order valence-electron chi connectivity index (χ3n) is 4.92. The predicted octanol–water partition coefficient (Wildman–Crippen LogP) is 3.60. The molecule has 136 valence electrons. The number of carbonyl (C=O) groups is 2. The molecule has 5 nitrogen and oxygen atoms in total. The van der Waals surface area contributed by atoms with Crippen LogP contribution in [-0.4, -0.2) is 48.6 Å². The zero-order valence-corrected chi connectivity index (χ0v) is 16.3. The molecule has 2 heterocycles. The normalized spacial score (nSPS) is 20.4. The van der Waals surface area contributed by atoms with Crippen molar-refractivity contribution in [2.75, 3.05) is 21.1 Å². The van der Waals surface area contributed by atoms with Crippen molar-refractivity contribution in [2.24, 2.45) is 0 Å². The van der Waals surface area contributed by atoms with E-state index >= 15 is 0 Å². The van der Waals surface area contributed by atoms with E-state index in [1.807, 2.05) is 31.2 Å². The summed E-state index contributed by atoms with van der Waals surface area (Å²) in [6, 6.07) is 9.69. The molecule has 0 spiro atoms. The molecule has 26 heavy (non-hydrogen) atoms. The molecule has 1 aromatic heterocycles. The van der Waals surface area contributed by atoms with Crippen LogP contribution in [0.5, 0.6) is 0 Å². The van der Waals surface area contributed by atoms with Crippen LogP contribution in [0.4, 0.5) is 0 Å². The lowest BCUT2D eigenvalue weighted by atomic mass is 9.78. The molecule has 0 radical (unpaired) electrons. The number of benzene rings is 1. The van der Waals surface area contributed by atoms with Gasteiger partial charge in [-0.05, 0) is 34.7 Å². The molecule has 1 atom stereocenters. The lowest BCUT2D eigenvalue weighted by Gasteiger charge is -2.36. The average Bonchev–Trinajstić information content (AvgIpc) is 3.10. The number of amidine groups is 1. The highest BCUT2D eigenvalue weighted by molar-refractivity contribution is 7.10. The topological polar surface area (TPSA) is 64.5 Å². The van der Waals surface area contributed by atoms with Crippen LogP contribution < -0.4 is 0 Å². The minimum absolute atomic E-state index is 0.0164. The molecule has 0 unspecified atom stereocenters. The summed E-state index contributed by atoms with van der Waals surface area (Å²) in [5.74, 6) is 0.318. The van der Waals surface area contributed by atoms with E-state index in [2.05, 4.69) is 11.4 Å². The van der Waals surface area contributed by atoms with Crippen LogP contribution in [-0.2, 0) is 10.2 Å². The van der Waals surface area contributed by atoms with Gasteiger partial charge in [0.15, 0.2) is 0 Å². The third-order valence-corrected chi connectivity index (χ3v) is 6.16. The Morgan fingerprint density at radius 1 is 1.23 bits per heavy atom. The minimum Gasteiger partial charge on any atom is -0.345 e. The molecule has 1 saturated heterocycles. The molecule has 0 saturated carbocycles. The van der Waals surface area contributed by atoms with E-state index in [0.29, 0.717) is 24.2 Å². The number of nitrogens with one attached hydrogen (secondary N) is 1. The number of amides is 2. The average molecular weight is 369 g/mol. The van der Waals surface area contributed by atoms with Gasteiger partial charge in [0.25, 0.3) is 5.91 Å². The van der Waals surface area contributed by atoms with Crippen LogP contribution in [0.2, 0.25) is 0 Å². The Kier molecular flexibility index (Phi) is 4.71. The predicted molar refractivity (Wildman–Crippen MR) is 105 cm³/mol. The van der Waals surface area contributed by atoms with E-state index in [9.17, 15) is 9.59 Å². The van der Waals surface area contributed by atoms with Crippen molar-refractivity contribution >= 4 is 29.0 Å². The first-order chi connectivity index (χ1) is 12.2. The molecule has 0 aliphatic carbocycles. The molecule has 1 aromatic carbocycles. The first kappa shape index (κ1) is 18.3. The first-order valence-corrected chi connectivity index (χ1v) is 9.34. The number of likely N-dealkylation sites (tertiary alicyclic amines) is 1. The highest BCUT2D eigenvalue weighted by Gasteiger charge is 2.39. The van der Waals surface area contributed by atoms with Crippen molar-refractivity contribution < 1.29 is 9.59 Å². The second-order valence-corrected chi connectivity index (χ2v) is 8.20. The van der Waals surface area contributed by atoms with Crippen molar-refractivity contribution in [2.45, 2.75) is 25.2 Å². The van der Waals surface area contributed by atoms with E-state index in [0.717, 1.165) is 16.0 Å². The molecule has 1 fully saturated rings. The molecule has 1 aliphatic rings. The van der Waals surface area contributed by atoms with E-state index in [1.54, 1.807) is 37.4 Å². The Hall–Kier alpha value is -2.47. The number of hydrogen-bond acceptors (Lipinski definition) is 4. The molecular weight excluding hydrogens is 346 g/mol. The summed E-state index contributed by atoms with van der Waals surface area (Å²) in [5.41, 5.74) is 2.33. The van der Waals surface area contributed by atoms with Crippen LogP contribution in [0, 0.1) is 5.41 Å². The number of nitrogens with zero attached hydrogens (tertiary/aromatic N) is 2. The van der Waals surface area contributed by atoms with Gasteiger partial charge in [0.05, 0.1) is 0 Å². The Balaban J connectivity index is 1.91. The summed E-state index contributed by atoms with van der Waals surface area (Å²) >= 11 is 1.61. The van der Waals surface area contributed by atoms with Gasteiger partial charge in [0, 0.05) is 49.8 Å². The molecule has 2 amide bonds. The monoisotopic (exact) mass is 369 g/mol. The van der Waals surface area contributed by atoms with Crippen LogP contribution in [0.25, 0.3) is 11.1 Å². The number of carbonyl (C=O) groups excluding carboxylic acids is 2. The summed E-state index contributed by atoms with van der Waals surface area (Å²) in [7, 11) is 5.15.